The van der Waals surface area contributed by atoms with Crippen LogP contribution < -0.4 is 4.74 Å². The summed E-state index contributed by atoms with van der Waals surface area (Å²) < 4.78 is 26.9. The van der Waals surface area contributed by atoms with E-state index >= 15 is 0 Å². The molecule has 42 heavy (non-hydrogen) atoms. The molecule has 9 heteroatoms. The minimum atomic E-state index is -0.490. The van der Waals surface area contributed by atoms with Crippen molar-refractivity contribution in [1.82, 2.24) is 14.9 Å². The number of nitrogens with zero attached hydrogens (tertiary/aromatic N) is 3. The highest BCUT2D eigenvalue weighted by atomic mass is 32.1. The molecule has 4 heterocycles. The van der Waals surface area contributed by atoms with Crippen LogP contribution >= 0.6 is 11.3 Å². The van der Waals surface area contributed by atoms with Gasteiger partial charge in [0.05, 0.1) is 33.3 Å². The number of hydrogen-bond acceptors (Lipinski definition) is 8. The Morgan fingerprint density at radius 2 is 1.81 bits per heavy atom. The number of benzene rings is 1. The fourth-order valence-electron chi connectivity index (χ4n) is 5.43. The number of carbonyl (C=O) groups is 2. The molecule has 1 aliphatic heterocycles. The summed E-state index contributed by atoms with van der Waals surface area (Å²) in [5.74, 6) is 0.752. The van der Waals surface area contributed by atoms with E-state index in [-0.39, 0.29) is 29.8 Å². The SMILES string of the molecule is CCOC(=O)C1CCN(Cc2ccc(-c3cc4nccc(Oc5ccc(CC(=O)CC6CC6)cc5F)c4s3)nc2)CC1. The van der Waals surface area contributed by atoms with Crippen LogP contribution in [0, 0.1) is 17.7 Å². The van der Waals surface area contributed by atoms with Crippen molar-refractivity contribution in [2.24, 2.45) is 11.8 Å². The zero-order valence-corrected chi connectivity index (χ0v) is 24.5. The van der Waals surface area contributed by atoms with Gasteiger partial charge >= 0.3 is 5.97 Å². The minimum absolute atomic E-state index is 0.000252. The molecule has 218 valence electrons. The summed E-state index contributed by atoms with van der Waals surface area (Å²) in [5.41, 5.74) is 3.37. The van der Waals surface area contributed by atoms with Gasteiger partial charge in [0.1, 0.15) is 11.5 Å². The molecule has 0 unspecified atom stereocenters. The van der Waals surface area contributed by atoms with Gasteiger partial charge < -0.3 is 9.47 Å². The first-order chi connectivity index (χ1) is 20.4. The smallest absolute Gasteiger partial charge is 0.309 e. The van der Waals surface area contributed by atoms with Gasteiger partial charge in [0.15, 0.2) is 11.6 Å². The number of piperidine rings is 1. The van der Waals surface area contributed by atoms with Gasteiger partial charge in [0.25, 0.3) is 0 Å². The molecule has 2 fully saturated rings. The third kappa shape index (κ3) is 6.85. The molecule has 1 aliphatic carbocycles. The average Bonchev–Trinajstić information content (AvgIpc) is 3.69. The van der Waals surface area contributed by atoms with E-state index < -0.39 is 5.82 Å². The molecular weight excluding hydrogens is 553 g/mol. The molecule has 1 aromatic carbocycles. The van der Waals surface area contributed by atoms with Crippen LogP contribution in [0.1, 0.15) is 50.2 Å². The maximum absolute atomic E-state index is 14.9. The predicted molar refractivity (Wildman–Crippen MR) is 160 cm³/mol. The van der Waals surface area contributed by atoms with E-state index in [2.05, 4.69) is 16.0 Å². The maximum atomic E-state index is 14.9. The number of halogens is 1. The first-order valence-corrected chi connectivity index (χ1v) is 15.5. The minimum Gasteiger partial charge on any atom is -0.466 e. The van der Waals surface area contributed by atoms with Gasteiger partial charge in [0, 0.05) is 37.8 Å². The lowest BCUT2D eigenvalue weighted by atomic mass is 9.97. The first-order valence-electron chi connectivity index (χ1n) is 14.7. The summed E-state index contributed by atoms with van der Waals surface area (Å²) in [6.45, 7) is 4.77. The van der Waals surface area contributed by atoms with Crippen molar-refractivity contribution in [2.75, 3.05) is 19.7 Å². The highest BCUT2D eigenvalue weighted by Crippen LogP contribution is 2.39. The quantitative estimate of drug-likeness (QED) is 0.175. The summed E-state index contributed by atoms with van der Waals surface area (Å²) in [4.78, 5) is 36.7. The van der Waals surface area contributed by atoms with E-state index in [1.807, 2.05) is 25.3 Å². The number of fused-ring (bicyclic) bond motifs is 1. The topological polar surface area (TPSA) is 81.6 Å². The van der Waals surface area contributed by atoms with Crippen LogP contribution in [0.5, 0.6) is 11.5 Å². The molecule has 0 radical (unpaired) electrons. The van der Waals surface area contributed by atoms with Gasteiger partial charge in [0.2, 0.25) is 0 Å². The van der Waals surface area contributed by atoms with E-state index in [4.69, 9.17) is 14.5 Å². The van der Waals surface area contributed by atoms with Crippen molar-refractivity contribution < 1.29 is 23.5 Å². The van der Waals surface area contributed by atoms with Gasteiger partial charge in [-0.3, -0.25) is 24.5 Å². The number of pyridine rings is 2. The van der Waals surface area contributed by atoms with Crippen LogP contribution in [0.2, 0.25) is 0 Å². The van der Waals surface area contributed by atoms with Crippen molar-refractivity contribution >= 4 is 33.3 Å². The number of aromatic nitrogens is 2. The summed E-state index contributed by atoms with van der Waals surface area (Å²) in [5, 5.41) is 0. The zero-order valence-electron chi connectivity index (χ0n) is 23.7. The van der Waals surface area contributed by atoms with Gasteiger partial charge in [-0.25, -0.2) is 4.39 Å². The molecule has 0 bridgehead atoms. The molecule has 0 amide bonds. The molecule has 4 aromatic rings. The Labute approximate surface area is 248 Å². The van der Waals surface area contributed by atoms with Crippen LogP contribution in [0.3, 0.4) is 0 Å². The molecule has 3 aromatic heterocycles. The number of likely N-dealkylation sites (tertiary alicyclic amines) is 1. The summed E-state index contributed by atoms with van der Waals surface area (Å²) >= 11 is 1.50. The van der Waals surface area contributed by atoms with Crippen LogP contribution in [0.15, 0.2) is 54.9 Å². The van der Waals surface area contributed by atoms with Crippen molar-refractivity contribution in [3.63, 3.8) is 0 Å². The molecule has 6 rings (SSSR count). The number of ketones is 1. The third-order valence-electron chi connectivity index (χ3n) is 7.90. The highest BCUT2D eigenvalue weighted by molar-refractivity contribution is 7.22. The van der Waals surface area contributed by atoms with Crippen molar-refractivity contribution in [1.29, 1.82) is 0 Å². The number of hydrogen-bond donors (Lipinski definition) is 0. The van der Waals surface area contributed by atoms with Crippen molar-refractivity contribution in [2.45, 2.75) is 52.0 Å². The Bertz CT molecular complexity index is 1580. The first kappa shape index (κ1) is 28.4. The lowest BCUT2D eigenvalue weighted by Crippen LogP contribution is -2.36. The van der Waals surface area contributed by atoms with E-state index in [9.17, 15) is 14.0 Å². The van der Waals surface area contributed by atoms with Crippen LogP contribution in [-0.4, -0.2) is 46.3 Å². The summed E-state index contributed by atoms with van der Waals surface area (Å²) in [6.07, 6.45) is 8.27. The van der Waals surface area contributed by atoms with Crippen LogP contribution in [0.25, 0.3) is 20.8 Å². The fraction of sp³-hybridized carbons (Fsp3) is 0.394. The maximum Gasteiger partial charge on any atom is 0.309 e. The molecule has 0 spiro atoms. The van der Waals surface area contributed by atoms with Gasteiger partial charge in [-0.2, -0.15) is 0 Å². The number of rotatable bonds is 11. The average molecular weight is 588 g/mol. The Balaban J connectivity index is 1.10. The lowest BCUT2D eigenvalue weighted by molar-refractivity contribution is -0.149. The molecule has 2 aliphatic rings. The van der Waals surface area contributed by atoms with Gasteiger partial charge in [-0.15, -0.1) is 11.3 Å². The van der Waals surface area contributed by atoms with E-state index in [1.165, 1.54) is 17.4 Å². The van der Waals surface area contributed by atoms with Crippen molar-refractivity contribution in [3.8, 4) is 22.1 Å². The molecular formula is C33H34FN3O4S. The predicted octanol–water partition coefficient (Wildman–Crippen LogP) is 6.98. The van der Waals surface area contributed by atoms with Crippen molar-refractivity contribution in [3.05, 3.63) is 71.8 Å². The molecule has 0 atom stereocenters. The van der Waals surface area contributed by atoms with Crippen LogP contribution in [-0.2, 0) is 27.3 Å². The lowest BCUT2D eigenvalue weighted by Gasteiger charge is -2.30. The molecule has 0 N–H and O–H groups in total. The van der Waals surface area contributed by atoms with Crippen LogP contribution in [0.4, 0.5) is 4.39 Å². The van der Waals surface area contributed by atoms with E-state index in [1.54, 1.807) is 24.4 Å². The van der Waals surface area contributed by atoms with Gasteiger partial charge in [-0.05, 0) is 87.0 Å². The Kier molecular flexibility index (Phi) is 8.58. The second-order valence-electron chi connectivity index (χ2n) is 11.2. The number of esters is 1. The van der Waals surface area contributed by atoms with E-state index in [0.29, 0.717) is 30.3 Å². The molecule has 7 nitrogen and oxygen atoms in total. The number of thiophene rings is 1. The normalized spacial score (nSPS) is 16.0. The summed E-state index contributed by atoms with van der Waals surface area (Å²) in [7, 11) is 0. The standard InChI is InChI=1S/C33H34FN3O4S/c1-2-40-33(39)24-10-13-37(14-11-24)20-23-5-7-27(36-19-23)31-18-28-32(42-31)30(9-12-35-28)41-29-8-6-22(17-26(29)34)16-25(38)15-21-3-4-21/h5-9,12,17-19,21,24H,2-4,10-11,13-16,20H2,1H3. The Hall–Kier alpha value is -3.69. The number of ether oxygens (including phenoxy) is 2. The number of carbonyl (C=O) groups excluding carboxylic acids is 2. The fourth-order valence-corrected chi connectivity index (χ4v) is 6.47. The second kappa shape index (κ2) is 12.7. The third-order valence-corrected chi connectivity index (χ3v) is 9.06. The van der Waals surface area contributed by atoms with E-state index in [0.717, 1.165) is 71.7 Å². The summed E-state index contributed by atoms with van der Waals surface area (Å²) in [6, 6.07) is 12.5. The molecule has 1 saturated heterocycles. The zero-order chi connectivity index (χ0) is 29.1. The number of Topliss-reactive ketones (excluding diaryl/α,β-unsaturated/α-hetero) is 1. The highest BCUT2D eigenvalue weighted by Gasteiger charge is 2.26. The second-order valence-corrected chi connectivity index (χ2v) is 12.3. The van der Waals surface area contributed by atoms with Gasteiger partial charge in [-0.1, -0.05) is 12.1 Å². The Morgan fingerprint density at radius 3 is 2.52 bits per heavy atom. The monoisotopic (exact) mass is 587 g/mol. The largest absolute Gasteiger partial charge is 0.466 e. The molecule has 1 saturated carbocycles. The Morgan fingerprint density at radius 1 is 1.00 bits per heavy atom.